The fourth-order valence-electron chi connectivity index (χ4n) is 2.28. The van der Waals surface area contributed by atoms with Crippen LogP contribution in [0.1, 0.15) is 31.2 Å². The third-order valence-corrected chi connectivity index (χ3v) is 4.93. The number of aryl methyl sites for hydroxylation is 2. The molecule has 0 unspecified atom stereocenters. The Labute approximate surface area is 150 Å². The van der Waals surface area contributed by atoms with Gasteiger partial charge in [0.1, 0.15) is 5.82 Å². The topological polar surface area (TPSA) is 88.9 Å². The Bertz CT molecular complexity index is 783. The summed E-state index contributed by atoms with van der Waals surface area (Å²) in [5.41, 5.74) is 2.10. The maximum Gasteiger partial charge on any atom is 0.321 e. The van der Waals surface area contributed by atoms with E-state index in [9.17, 15) is 9.59 Å². The van der Waals surface area contributed by atoms with E-state index in [0.717, 1.165) is 29.9 Å². The Morgan fingerprint density at radius 2 is 1.88 bits per heavy atom. The zero-order chi connectivity index (χ0) is 18.0. The molecule has 2 aromatic rings. The van der Waals surface area contributed by atoms with Gasteiger partial charge in [-0.25, -0.2) is 4.79 Å². The summed E-state index contributed by atoms with van der Waals surface area (Å²) in [6.07, 6.45) is 1.95. The van der Waals surface area contributed by atoms with Gasteiger partial charge >= 0.3 is 6.03 Å². The van der Waals surface area contributed by atoms with Crippen LogP contribution in [0.2, 0.25) is 0 Å². The van der Waals surface area contributed by atoms with E-state index in [2.05, 4.69) is 20.8 Å². The van der Waals surface area contributed by atoms with Crippen LogP contribution in [-0.2, 0) is 4.79 Å². The average Bonchev–Trinajstić information content (AvgIpc) is 3.30. The Morgan fingerprint density at radius 3 is 2.52 bits per heavy atom. The van der Waals surface area contributed by atoms with Gasteiger partial charge in [0.2, 0.25) is 5.91 Å². The molecule has 1 saturated carbocycles. The molecule has 3 amide bonds. The van der Waals surface area contributed by atoms with Crippen LogP contribution < -0.4 is 10.6 Å². The second kappa shape index (κ2) is 7.26. The van der Waals surface area contributed by atoms with E-state index in [-0.39, 0.29) is 11.9 Å². The van der Waals surface area contributed by atoms with Gasteiger partial charge in [0, 0.05) is 11.7 Å². The molecule has 8 heteroatoms. The van der Waals surface area contributed by atoms with Crippen molar-refractivity contribution in [3.8, 4) is 5.69 Å². The van der Waals surface area contributed by atoms with Crippen LogP contribution in [0.5, 0.6) is 0 Å². The molecule has 0 spiro atoms. The van der Waals surface area contributed by atoms with Crippen LogP contribution >= 0.6 is 11.8 Å². The number of aromatic nitrogens is 3. The first-order valence-corrected chi connectivity index (χ1v) is 9.09. The minimum atomic E-state index is -0.474. The number of carbonyl (C=O) groups excluding carboxylic acids is 2. The van der Waals surface area contributed by atoms with Gasteiger partial charge in [-0.05, 0) is 45.7 Å². The van der Waals surface area contributed by atoms with Crippen molar-refractivity contribution in [2.45, 2.75) is 50.1 Å². The minimum Gasteiger partial charge on any atom is -0.335 e. The smallest absolute Gasteiger partial charge is 0.321 e. The van der Waals surface area contributed by atoms with Crippen LogP contribution in [-0.4, -0.2) is 38.0 Å². The van der Waals surface area contributed by atoms with Gasteiger partial charge in [0.15, 0.2) is 5.16 Å². The maximum atomic E-state index is 12.2. The van der Waals surface area contributed by atoms with E-state index in [1.54, 1.807) is 6.92 Å². The van der Waals surface area contributed by atoms with Crippen LogP contribution in [0.25, 0.3) is 5.69 Å². The van der Waals surface area contributed by atoms with E-state index >= 15 is 0 Å². The molecule has 1 atom stereocenters. The highest BCUT2D eigenvalue weighted by Crippen LogP contribution is 2.26. The van der Waals surface area contributed by atoms with Gasteiger partial charge in [0.25, 0.3) is 0 Å². The van der Waals surface area contributed by atoms with Crippen molar-refractivity contribution in [1.29, 1.82) is 0 Å². The first-order valence-electron chi connectivity index (χ1n) is 8.21. The summed E-state index contributed by atoms with van der Waals surface area (Å²) in [4.78, 5) is 23.9. The Balaban J connectivity index is 1.68. The summed E-state index contributed by atoms with van der Waals surface area (Å²) in [7, 11) is 0. The van der Waals surface area contributed by atoms with Crippen LogP contribution in [0.4, 0.5) is 4.79 Å². The molecule has 7 nitrogen and oxygen atoms in total. The zero-order valence-corrected chi connectivity index (χ0v) is 15.3. The fourth-order valence-corrected chi connectivity index (χ4v) is 3.20. The normalized spacial score (nSPS) is 14.8. The molecule has 1 heterocycles. The first-order chi connectivity index (χ1) is 11.9. The monoisotopic (exact) mass is 359 g/mol. The highest BCUT2D eigenvalue weighted by atomic mass is 32.2. The molecule has 0 radical (unpaired) electrons. The molecule has 25 heavy (non-hydrogen) atoms. The molecular weight excluding hydrogens is 338 g/mol. The summed E-state index contributed by atoms with van der Waals surface area (Å²) in [6, 6.07) is 7.79. The van der Waals surface area contributed by atoms with Crippen molar-refractivity contribution in [3.05, 3.63) is 35.7 Å². The molecule has 0 aliphatic heterocycles. The van der Waals surface area contributed by atoms with E-state index in [1.807, 2.05) is 42.7 Å². The van der Waals surface area contributed by atoms with Gasteiger partial charge in [-0.1, -0.05) is 29.5 Å². The molecule has 0 bridgehead atoms. The van der Waals surface area contributed by atoms with Crippen molar-refractivity contribution < 1.29 is 9.59 Å². The van der Waals surface area contributed by atoms with Gasteiger partial charge in [-0.2, -0.15) is 0 Å². The van der Waals surface area contributed by atoms with E-state index < -0.39 is 11.3 Å². The summed E-state index contributed by atoms with van der Waals surface area (Å²) in [5.74, 6) is 0.393. The minimum absolute atomic E-state index is 0.211. The first kappa shape index (κ1) is 17.5. The van der Waals surface area contributed by atoms with Crippen molar-refractivity contribution in [2.75, 3.05) is 0 Å². The number of amides is 3. The SMILES string of the molecule is Cc1ccc(-n2c(C)nnc2S[C@H](C)C(=O)NC(=O)NC2CC2)cc1. The number of nitrogens with one attached hydrogen (secondary N) is 2. The number of imide groups is 1. The lowest BCUT2D eigenvalue weighted by atomic mass is 10.2. The molecule has 1 aliphatic carbocycles. The number of hydrogen-bond donors (Lipinski definition) is 2. The molecule has 1 aliphatic rings. The van der Waals surface area contributed by atoms with Gasteiger partial charge < -0.3 is 5.32 Å². The molecule has 1 aromatic heterocycles. The summed E-state index contributed by atoms with van der Waals surface area (Å²) >= 11 is 1.27. The summed E-state index contributed by atoms with van der Waals surface area (Å²) in [5, 5.41) is 13.5. The van der Waals surface area contributed by atoms with Crippen LogP contribution in [0, 0.1) is 13.8 Å². The van der Waals surface area contributed by atoms with Crippen molar-refractivity contribution in [3.63, 3.8) is 0 Å². The highest BCUT2D eigenvalue weighted by Gasteiger charge is 2.26. The third kappa shape index (κ3) is 4.39. The predicted octanol–water partition coefficient (Wildman–Crippen LogP) is 2.35. The van der Waals surface area contributed by atoms with Gasteiger partial charge in [-0.3, -0.25) is 14.7 Å². The standard InChI is InChI=1S/C17H21N5O2S/c1-10-4-8-14(9-5-10)22-12(3)20-21-17(22)25-11(2)15(23)19-16(24)18-13-6-7-13/h4-5,8-9,11,13H,6-7H2,1-3H3,(H2,18,19,23,24)/t11-/m1/s1. The van der Waals surface area contributed by atoms with E-state index in [1.165, 1.54) is 11.8 Å². The van der Waals surface area contributed by atoms with Crippen LogP contribution in [0.15, 0.2) is 29.4 Å². The quantitative estimate of drug-likeness (QED) is 0.800. The lowest BCUT2D eigenvalue weighted by Crippen LogP contribution is -2.43. The van der Waals surface area contributed by atoms with Crippen molar-refractivity contribution in [1.82, 2.24) is 25.4 Å². The number of nitrogens with zero attached hydrogens (tertiary/aromatic N) is 3. The number of thioether (sulfide) groups is 1. The molecule has 2 N–H and O–H groups in total. The van der Waals surface area contributed by atoms with E-state index in [0.29, 0.717) is 5.16 Å². The number of rotatable bonds is 5. The lowest BCUT2D eigenvalue weighted by Gasteiger charge is -2.13. The van der Waals surface area contributed by atoms with Crippen molar-refractivity contribution in [2.24, 2.45) is 0 Å². The zero-order valence-electron chi connectivity index (χ0n) is 14.4. The Morgan fingerprint density at radius 1 is 1.20 bits per heavy atom. The second-order valence-electron chi connectivity index (χ2n) is 6.20. The van der Waals surface area contributed by atoms with Crippen molar-refractivity contribution >= 4 is 23.7 Å². The second-order valence-corrected chi connectivity index (χ2v) is 7.51. The lowest BCUT2D eigenvalue weighted by molar-refractivity contribution is -0.119. The predicted molar refractivity (Wildman–Crippen MR) is 95.8 cm³/mol. The number of hydrogen-bond acceptors (Lipinski definition) is 5. The Kier molecular flexibility index (Phi) is 5.08. The fraction of sp³-hybridized carbons (Fsp3) is 0.412. The molecular formula is C17H21N5O2S. The largest absolute Gasteiger partial charge is 0.335 e. The Hall–Kier alpha value is -2.35. The summed E-state index contributed by atoms with van der Waals surface area (Å²) in [6.45, 7) is 5.64. The average molecular weight is 359 g/mol. The molecule has 1 fully saturated rings. The molecule has 132 valence electrons. The maximum absolute atomic E-state index is 12.2. The number of benzene rings is 1. The molecule has 1 aromatic carbocycles. The van der Waals surface area contributed by atoms with Gasteiger partial charge in [-0.15, -0.1) is 10.2 Å². The van der Waals surface area contributed by atoms with Crippen LogP contribution in [0.3, 0.4) is 0 Å². The van der Waals surface area contributed by atoms with E-state index in [4.69, 9.17) is 0 Å². The molecule has 0 saturated heterocycles. The van der Waals surface area contributed by atoms with Gasteiger partial charge in [0.05, 0.1) is 5.25 Å². The molecule has 3 rings (SSSR count). The third-order valence-electron chi connectivity index (χ3n) is 3.89. The summed E-state index contributed by atoms with van der Waals surface area (Å²) < 4.78 is 1.90. The highest BCUT2D eigenvalue weighted by molar-refractivity contribution is 8.00. The number of carbonyl (C=O) groups is 2. The number of urea groups is 1.